The van der Waals surface area contributed by atoms with Crippen LogP contribution in [0.25, 0.3) is 0 Å². The molecule has 3 aromatic rings. The number of nitrogens with zero attached hydrogens (tertiary/aromatic N) is 4. The number of tetrazole rings is 1. The van der Waals surface area contributed by atoms with Crippen molar-refractivity contribution in [2.24, 2.45) is 0 Å². The third kappa shape index (κ3) is 3.98. The number of hydrogen-bond donors (Lipinski definition) is 0. The lowest BCUT2D eigenvalue weighted by atomic mass is 9.96. The van der Waals surface area contributed by atoms with Gasteiger partial charge in [0.25, 0.3) is 0 Å². The van der Waals surface area contributed by atoms with Gasteiger partial charge in [0.1, 0.15) is 12.4 Å². The third-order valence-electron chi connectivity index (χ3n) is 3.68. The predicted octanol–water partition coefficient (Wildman–Crippen LogP) is 3.60. The Morgan fingerprint density at radius 2 is 1.71 bits per heavy atom. The van der Waals surface area contributed by atoms with Gasteiger partial charge in [0.15, 0.2) is 5.82 Å². The lowest BCUT2D eigenvalue weighted by Gasteiger charge is -2.17. The van der Waals surface area contributed by atoms with E-state index in [1.807, 2.05) is 41.1 Å². The van der Waals surface area contributed by atoms with Crippen molar-refractivity contribution in [1.82, 2.24) is 20.2 Å². The van der Waals surface area contributed by atoms with Crippen molar-refractivity contribution in [3.8, 4) is 5.75 Å². The zero-order valence-electron chi connectivity index (χ0n) is 14.3. The molecule has 5 nitrogen and oxygen atoms in total. The highest BCUT2D eigenvalue weighted by Gasteiger charge is 2.21. The Morgan fingerprint density at radius 1 is 0.958 bits per heavy atom. The summed E-state index contributed by atoms with van der Waals surface area (Å²) in [4.78, 5) is 0. The summed E-state index contributed by atoms with van der Waals surface area (Å²) >= 11 is 0. The average molecular weight is 322 g/mol. The monoisotopic (exact) mass is 322 g/mol. The smallest absolute Gasteiger partial charge is 0.156 e. The van der Waals surface area contributed by atoms with Crippen LogP contribution in [0.3, 0.4) is 0 Å². The van der Waals surface area contributed by atoms with Gasteiger partial charge in [-0.05, 0) is 33.7 Å². The molecule has 0 amide bonds. The molecule has 2 aromatic carbocycles. The van der Waals surface area contributed by atoms with E-state index in [2.05, 4.69) is 54.5 Å². The van der Waals surface area contributed by atoms with Gasteiger partial charge in [0, 0.05) is 5.41 Å². The maximum absolute atomic E-state index is 5.89. The van der Waals surface area contributed by atoms with Gasteiger partial charge in [-0.3, -0.25) is 0 Å². The van der Waals surface area contributed by atoms with Gasteiger partial charge in [-0.2, -0.15) is 0 Å². The normalized spacial score (nSPS) is 11.5. The van der Waals surface area contributed by atoms with Gasteiger partial charge < -0.3 is 4.74 Å². The summed E-state index contributed by atoms with van der Waals surface area (Å²) in [5.74, 6) is 1.72. The average Bonchev–Trinajstić information content (AvgIpc) is 3.03. The lowest BCUT2D eigenvalue weighted by Crippen LogP contribution is -2.20. The standard InChI is InChI=1S/C19H22N4O/c1-19(2,3)18-20-21-22-23(18)13-16-10-7-11-17(12-16)24-14-15-8-5-4-6-9-15/h4-12H,13-14H2,1-3H3. The summed E-state index contributed by atoms with van der Waals surface area (Å²) < 4.78 is 7.73. The van der Waals surface area contributed by atoms with Gasteiger partial charge in [-0.1, -0.05) is 63.2 Å². The van der Waals surface area contributed by atoms with Crippen molar-refractivity contribution in [3.05, 3.63) is 71.5 Å². The minimum atomic E-state index is -0.0923. The van der Waals surface area contributed by atoms with Gasteiger partial charge in [0.2, 0.25) is 0 Å². The quantitative estimate of drug-likeness (QED) is 0.720. The molecule has 0 saturated carbocycles. The second-order valence-electron chi connectivity index (χ2n) is 6.83. The Hall–Kier alpha value is -2.69. The fraction of sp³-hybridized carbons (Fsp3) is 0.316. The van der Waals surface area contributed by atoms with Crippen molar-refractivity contribution in [2.45, 2.75) is 39.3 Å². The largest absolute Gasteiger partial charge is 0.489 e. The summed E-state index contributed by atoms with van der Waals surface area (Å²) in [5.41, 5.74) is 2.17. The molecule has 0 atom stereocenters. The van der Waals surface area contributed by atoms with Crippen molar-refractivity contribution < 1.29 is 4.74 Å². The van der Waals surface area contributed by atoms with Gasteiger partial charge in [-0.25, -0.2) is 4.68 Å². The fourth-order valence-electron chi connectivity index (χ4n) is 2.50. The number of aromatic nitrogens is 4. The van der Waals surface area contributed by atoms with Crippen LogP contribution in [0.2, 0.25) is 0 Å². The lowest BCUT2D eigenvalue weighted by molar-refractivity contribution is 0.306. The number of ether oxygens (including phenoxy) is 1. The van der Waals surface area contributed by atoms with Crippen molar-refractivity contribution >= 4 is 0 Å². The molecule has 0 aliphatic heterocycles. The van der Waals surface area contributed by atoms with Crippen LogP contribution in [0.15, 0.2) is 54.6 Å². The van der Waals surface area contributed by atoms with E-state index in [1.165, 1.54) is 0 Å². The van der Waals surface area contributed by atoms with Crippen LogP contribution >= 0.6 is 0 Å². The van der Waals surface area contributed by atoms with E-state index in [4.69, 9.17) is 4.74 Å². The molecule has 0 bridgehead atoms. The Kier molecular flexibility index (Phi) is 4.60. The first kappa shape index (κ1) is 16.2. The zero-order chi connectivity index (χ0) is 17.0. The van der Waals surface area contributed by atoms with E-state index < -0.39 is 0 Å². The third-order valence-corrected chi connectivity index (χ3v) is 3.68. The van der Waals surface area contributed by atoms with Crippen LogP contribution in [0, 0.1) is 0 Å². The molecule has 0 unspecified atom stereocenters. The summed E-state index contributed by atoms with van der Waals surface area (Å²) in [5, 5.41) is 12.1. The van der Waals surface area contributed by atoms with Crippen molar-refractivity contribution in [2.75, 3.05) is 0 Å². The van der Waals surface area contributed by atoms with Crippen molar-refractivity contribution in [1.29, 1.82) is 0 Å². The minimum Gasteiger partial charge on any atom is -0.489 e. The highest BCUT2D eigenvalue weighted by molar-refractivity contribution is 5.29. The number of hydrogen-bond acceptors (Lipinski definition) is 4. The molecule has 0 N–H and O–H groups in total. The van der Waals surface area contributed by atoms with E-state index in [1.54, 1.807) is 0 Å². The minimum absolute atomic E-state index is 0.0923. The van der Waals surface area contributed by atoms with Crippen molar-refractivity contribution in [3.63, 3.8) is 0 Å². The first-order valence-corrected chi connectivity index (χ1v) is 8.05. The summed E-state index contributed by atoms with van der Waals surface area (Å²) in [6.45, 7) is 7.50. The first-order chi connectivity index (χ1) is 11.5. The topological polar surface area (TPSA) is 52.8 Å². The molecular weight excluding hydrogens is 300 g/mol. The van der Waals surface area contributed by atoms with Crippen LogP contribution in [-0.2, 0) is 18.6 Å². The summed E-state index contributed by atoms with van der Waals surface area (Å²) in [7, 11) is 0. The molecule has 3 rings (SSSR count). The Morgan fingerprint density at radius 3 is 2.46 bits per heavy atom. The van der Waals surface area contributed by atoms with E-state index in [0.717, 1.165) is 22.7 Å². The molecule has 1 heterocycles. The van der Waals surface area contributed by atoms with Crippen LogP contribution in [0.1, 0.15) is 37.7 Å². The molecular formula is C19H22N4O. The maximum atomic E-state index is 5.89. The molecule has 24 heavy (non-hydrogen) atoms. The second kappa shape index (κ2) is 6.83. The highest BCUT2D eigenvalue weighted by Crippen LogP contribution is 2.21. The number of rotatable bonds is 5. The fourth-order valence-corrected chi connectivity index (χ4v) is 2.50. The number of benzene rings is 2. The highest BCUT2D eigenvalue weighted by atomic mass is 16.5. The van der Waals surface area contributed by atoms with Gasteiger partial charge in [-0.15, -0.1) is 5.10 Å². The van der Waals surface area contributed by atoms with E-state index in [0.29, 0.717) is 13.2 Å². The summed E-state index contributed by atoms with van der Waals surface area (Å²) in [6, 6.07) is 18.2. The molecule has 0 radical (unpaired) electrons. The molecule has 0 aliphatic rings. The van der Waals surface area contributed by atoms with E-state index in [9.17, 15) is 0 Å². The van der Waals surface area contributed by atoms with Crippen LogP contribution in [0.4, 0.5) is 0 Å². The molecule has 5 heteroatoms. The van der Waals surface area contributed by atoms with Crippen LogP contribution in [0.5, 0.6) is 5.75 Å². The predicted molar refractivity (Wildman–Crippen MR) is 92.8 cm³/mol. The maximum Gasteiger partial charge on any atom is 0.156 e. The molecule has 0 saturated heterocycles. The van der Waals surface area contributed by atoms with Gasteiger partial charge in [0.05, 0.1) is 6.54 Å². The van der Waals surface area contributed by atoms with Gasteiger partial charge >= 0.3 is 0 Å². The first-order valence-electron chi connectivity index (χ1n) is 8.05. The summed E-state index contributed by atoms with van der Waals surface area (Å²) in [6.07, 6.45) is 0. The Balaban J connectivity index is 1.71. The zero-order valence-corrected chi connectivity index (χ0v) is 14.3. The van der Waals surface area contributed by atoms with Crippen LogP contribution < -0.4 is 4.74 Å². The van der Waals surface area contributed by atoms with E-state index in [-0.39, 0.29) is 5.41 Å². The second-order valence-corrected chi connectivity index (χ2v) is 6.83. The molecule has 1 aromatic heterocycles. The SMILES string of the molecule is CC(C)(C)c1nnnn1Cc1cccc(OCc2ccccc2)c1. The molecule has 0 fully saturated rings. The Labute approximate surface area is 142 Å². The van der Waals surface area contributed by atoms with Crippen LogP contribution in [-0.4, -0.2) is 20.2 Å². The molecule has 124 valence electrons. The molecule has 0 aliphatic carbocycles. The van der Waals surface area contributed by atoms with E-state index >= 15 is 0 Å². The molecule has 0 spiro atoms. The Bertz CT molecular complexity index is 790.